The molecule has 0 aromatic heterocycles. The SMILES string of the molecule is C[C@H]1CC[C@@H](C(N)=O)CN1C(=O)CCOCc1ccccc1. The zero-order valence-corrected chi connectivity index (χ0v) is 13.0. The Kier molecular flexibility index (Phi) is 5.95. The van der Waals surface area contributed by atoms with E-state index in [1.54, 1.807) is 4.90 Å². The Morgan fingerprint density at radius 3 is 2.68 bits per heavy atom. The van der Waals surface area contributed by atoms with Crippen molar-refractivity contribution >= 4 is 11.8 Å². The Morgan fingerprint density at radius 2 is 2.00 bits per heavy atom. The number of primary amides is 1. The highest BCUT2D eigenvalue weighted by atomic mass is 16.5. The fourth-order valence-electron chi connectivity index (χ4n) is 2.75. The lowest BCUT2D eigenvalue weighted by Gasteiger charge is -2.37. The van der Waals surface area contributed by atoms with Crippen LogP contribution >= 0.6 is 0 Å². The van der Waals surface area contributed by atoms with Crippen molar-refractivity contribution in [1.82, 2.24) is 4.90 Å². The lowest BCUT2D eigenvalue weighted by Crippen LogP contribution is -2.48. The highest BCUT2D eigenvalue weighted by molar-refractivity contribution is 5.80. The normalized spacial score (nSPS) is 21.6. The standard InChI is InChI=1S/C17H24N2O3/c1-13-7-8-15(17(18)21)11-19(13)16(20)9-10-22-12-14-5-3-2-4-6-14/h2-6,13,15H,7-12H2,1H3,(H2,18,21)/t13-,15+/m0/s1. The summed E-state index contributed by atoms with van der Waals surface area (Å²) in [6.45, 7) is 3.35. The highest BCUT2D eigenvalue weighted by Gasteiger charge is 2.31. The number of benzene rings is 1. The molecule has 2 atom stereocenters. The van der Waals surface area contributed by atoms with Gasteiger partial charge < -0.3 is 15.4 Å². The minimum absolute atomic E-state index is 0.0338. The number of ether oxygens (including phenoxy) is 1. The lowest BCUT2D eigenvalue weighted by atomic mass is 9.92. The van der Waals surface area contributed by atoms with Crippen molar-refractivity contribution in [1.29, 1.82) is 0 Å². The summed E-state index contributed by atoms with van der Waals surface area (Å²) in [5, 5.41) is 0. The molecule has 0 saturated carbocycles. The summed E-state index contributed by atoms with van der Waals surface area (Å²) in [6, 6.07) is 10.0. The molecule has 2 N–H and O–H groups in total. The predicted octanol–water partition coefficient (Wildman–Crippen LogP) is 1.71. The van der Waals surface area contributed by atoms with Crippen molar-refractivity contribution in [2.24, 2.45) is 11.7 Å². The van der Waals surface area contributed by atoms with E-state index in [9.17, 15) is 9.59 Å². The largest absolute Gasteiger partial charge is 0.376 e. The van der Waals surface area contributed by atoms with Crippen LogP contribution < -0.4 is 5.73 Å². The summed E-state index contributed by atoms with van der Waals surface area (Å²) in [7, 11) is 0. The van der Waals surface area contributed by atoms with Crippen LogP contribution in [0.4, 0.5) is 0 Å². The number of piperidine rings is 1. The van der Waals surface area contributed by atoms with Crippen molar-refractivity contribution in [3.05, 3.63) is 35.9 Å². The second-order valence-electron chi connectivity index (χ2n) is 5.86. The smallest absolute Gasteiger partial charge is 0.225 e. The molecular weight excluding hydrogens is 280 g/mol. The molecule has 1 heterocycles. The molecule has 0 radical (unpaired) electrons. The first kappa shape index (κ1) is 16.5. The topological polar surface area (TPSA) is 72.6 Å². The first-order chi connectivity index (χ1) is 10.6. The number of hydrogen-bond donors (Lipinski definition) is 1. The van der Waals surface area contributed by atoms with Gasteiger partial charge in [-0.15, -0.1) is 0 Å². The molecular formula is C17H24N2O3. The van der Waals surface area contributed by atoms with Gasteiger partial charge in [0.25, 0.3) is 0 Å². The molecule has 1 saturated heterocycles. The molecule has 120 valence electrons. The average Bonchev–Trinajstić information content (AvgIpc) is 2.52. The molecule has 1 aliphatic rings. The third-order valence-corrected chi connectivity index (χ3v) is 4.18. The van der Waals surface area contributed by atoms with Gasteiger partial charge in [-0.3, -0.25) is 9.59 Å². The summed E-state index contributed by atoms with van der Waals surface area (Å²) in [4.78, 5) is 25.4. The fourth-order valence-corrected chi connectivity index (χ4v) is 2.75. The van der Waals surface area contributed by atoms with Gasteiger partial charge in [0.1, 0.15) is 0 Å². The van der Waals surface area contributed by atoms with Crippen LogP contribution in [0.1, 0.15) is 31.7 Å². The first-order valence-electron chi connectivity index (χ1n) is 7.78. The lowest BCUT2D eigenvalue weighted by molar-refractivity contribution is -0.138. The molecule has 1 aromatic carbocycles. The van der Waals surface area contributed by atoms with Crippen LogP contribution in [-0.4, -0.2) is 35.9 Å². The predicted molar refractivity (Wildman–Crippen MR) is 83.8 cm³/mol. The van der Waals surface area contributed by atoms with Gasteiger partial charge in [-0.05, 0) is 25.3 Å². The Balaban J connectivity index is 1.75. The van der Waals surface area contributed by atoms with Gasteiger partial charge in [0, 0.05) is 12.6 Å². The van der Waals surface area contributed by atoms with Gasteiger partial charge in [-0.1, -0.05) is 30.3 Å². The number of hydrogen-bond acceptors (Lipinski definition) is 3. The number of carbonyl (C=O) groups excluding carboxylic acids is 2. The van der Waals surface area contributed by atoms with Gasteiger partial charge in [-0.2, -0.15) is 0 Å². The number of rotatable bonds is 6. The fraction of sp³-hybridized carbons (Fsp3) is 0.529. The van der Waals surface area contributed by atoms with Gasteiger partial charge in [0.2, 0.25) is 11.8 Å². The van der Waals surface area contributed by atoms with Crippen LogP contribution in [0, 0.1) is 5.92 Å². The van der Waals surface area contributed by atoms with Crippen LogP contribution in [-0.2, 0) is 20.9 Å². The second kappa shape index (κ2) is 7.94. The maximum absolute atomic E-state index is 12.3. The molecule has 2 rings (SSSR count). The zero-order valence-electron chi connectivity index (χ0n) is 13.0. The quantitative estimate of drug-likeness (QED) is 0.813. The van der Waals surface area contributed by atoms with E-state index in [-0.39, 0.29) is 23.8 Å². The summed E-state index contributed by atoms with van der Waals surface area (Å²) in [5.74, 6) is -0.498. The Labute approximate surface area is 131 Å². The summed E-state index contributed by atoms with van der Waals surface area (Å²) >= 11 is 0. The van der Waals surface area contributed by atoms with Crippen LogP contribution in [0.15, 0.2) is 30.3 Å². The molecule has 22 heavy (non-hydrogen) atoms. The van der Waals surface area contributed by atoms with Gasteiger partial charge in [0.05, 0.1) is 25.6 Å². The molecule has 0 aliphatic carbocycles. The maximum atomic E-state index is 12.3. The molecule has 2 amide bonds. The van der Waals surface area contributed by atoms with Crippen LogP contribution in [0.25, 0.3) is 0 Å². The van der Waals surface area contributed by atoms with E-state index < -0.39 is 0 Å². The van der Waals surface area contributed by atoms with Crippen LogP contribution in [0.3, 0.4) is 0 Å². The molecule has 0 unspecified atom stereocenters. The van der Waals surface area contributed by atoms with E-state index >= 15 is 0 Å². The average molecular weight is 304 g/mol. The van der Waals surface area contributed by atoms with E-state index in [4.69, 9.17) is 10.5 Å². The van der Waals surface area contributed by atoms with Crippen molar-refractivity contribution < 1.29 is 14.3 Å². The van der Waals surface area contributed by atoms with Gasteiger partial charge in [-0.25, -0.2) is 0 Å². The van der Waals surface area contributed by atoms with E-state index in [1.807, 2.05) is 37.3 Å². The summed E-state index contributed by atoms with van der Waals surface area (Å²) in [6.07, 6.45) is 1.93. The van der Waals surface area contributed by atoms with E-state index in [2.05, 4.69) is 0 Å². The molecule has 5 heteroatoms. The minimum atomic E-state index is -0.315. The van der Waals surface area contributed by atoms with Crippen LogP contribution in [0.5, 0.6) is 0 Å². The number of likely N-dealkylation sites (tertiary alicyclic amines) is 1. The van der Waals surface area contributed by atoms with E-state index in [0.717, 1.165) is 18.4 Å². The number of amides is 2. The monoisotopic (exact) mass is 304 g/mol. The second-order valence-corrected chi connectivity index (χ2v) is 5.86. The Bertz CT molecular complexity index is 504. The molecule has 0 spiro atoms. The maximum Gasteiger partial charge on any atom is 0.225 e. The Morgan fingerprint density at radius 1 is 1.27 bits per heavy atom. The number of nitrogens with zero attached hydrogens (tertiary/aromatic N) is 1. The minimum Gasteiger partial charge on any atom is -0.376 e. The highest BCUT2D eigenvalue weighted by Crippen LogP contribution is 2.22. The van der Waals surface area contributed by atoms with Gasteiger partial charge in [0.15, 0.2) is 0 Å². The molecule has 0 bridgehead atoms. The Hall–Kier alpha value is -1.88. The van der Waals surface area contributed by atoms with Crippen molar-refractivity contribution in [3.8, 4) is 0 Å². The van der Waals surface area contributed by atoms with Crippen molar-refractivity contribution in [3.63, 3.8) is 0 Å². The molecule has 1 aliphatic heterocycles. The summed E-state index contributed by atoms with van der Waals surface area (Å²) < 4.78 is 5.55. The van der Waals surface area contributed by atoms with Crippen molar-refractivity contribution in [2.75, 3.05) is 13.2 Å². The molecule has 1 fully saturated rings. The van der Waals surface area contributed by atoms with Crippen molar-refractivity contribution in [2.45, 2.75) is 38.8 Å². The third kappa shape index (κ3) is 4.56. The van der Waals surface area contributed by atoms with Gasteiger partial charge >= 0.3 is 0 Å². The third-order valence-electron chi connectivity index (χ3n) is 4.18. The number of nitrogens with two attached hydrogens (primary N) is 1. The number of carbonyl (C=O) groups is 2. The van der Waals surface area contributed by atoms with Crippen LogP contribution in [0.2, 0.25) is 0 Å². The van der Waals surface area contributed by atoms with E-state index in [0.29, 0.717) is 26.2 Å². The van der Waals surface area contributed by atoms with E-state index in [1.165, 1.54) is 0 Å². The first-order valence-corrected chi connectivity index (χ1v) is 7.78. The zero-order chi connectivity index (χ0) is 15.9. The molecule has 1 aromatic rings. The molecule has 5 nitrogen and oxygen atoms in total. The summed E-state index contributed by atoms with van der Waals surface area (Å²) in [5.41, 5.74) is 6.45.